The summed E-state index contributed by atoms with van der Waals surface area (Å²) in [7, 11) is 0. The van der Waals surface area contributed by atoms with Crippen LogP contribution in [0, 0.1) is 46.3 Å². The van der Waals surface area contributed by atoms with E-state index in [9.17, 15) is 9.59 Å². The molecule has 0 aliphatic heterocycles. The van der Waals surface area contributed by atoms with Crippen molar-refractivity contribution in [3.63, 3.8) is 0 Å². The summed E-state index contributed by atoms with van der Waals surface area (Å²) < 4.78 is 4.48. The summed E-state index contributed by atoms with van der Waals surface area (Å²) in [4.78, 5) is 26.9. The summed E-state index contributed by atoms with van der Waals surface area (Å²) >= 11 is 1.32. The maximum Gasteiger partial charge on any atom is 0.231 e. The summed E-state index contributed by atoms with van der Waals surface area (Å²) in [6.07, 6.45) is 14.3. The molecule has 0 spiro atoms. The molecule has 0 atom stereocenters. The topological polar surface area (TPSA) is 71.1 Å². The van der Waals surface area contributed by atoms with E-state index in [-0.39, 0.29) is 22.6 Å². The molecule has 1 aromatic heterocycles. The molecular weight excluding hydrogens is 406 g/mol. The van der Waals surface area contributed by atoms with Crippen molar-refractivity contribution < 1.29 is 9.59 Å². The predicted molar refractivity (Wildman–Crippen MR) is 121 cm³/mol. The minimum absolute atomic E-state index is 0.155. The summed E-state index contributed by atoms with van der Waals surface area (Å²) in [5.41, 5.74) is 0.334. The van der Waals surface area contributed by atoms with E-state index in [0.29, 0.717) is 11.5 Å². The van der Waals surface area contributed by atoms with Gasteiger partial charge in [-0.25, -0.2) is 0 Å². The molecule has 6 heteroatoms. The molecule has 1 heterocycles. The maximum atomic E-state index is 13.5. The standard InChI is InChI=1S/C25H33N3O2S/c29-22(24-7-14-1-15(8-24)3-16(2-14)9-24)26-20-13-31-28-21(20)27-23(30)25-10-17-4-18(11-25)6-19(5-17)12-25/h13-19H,1-12H2,(H,26,29)(H,27,28,30). The molecule has 166 valence electrons. The number of hydrogen-bond acceptors (Lipinski definition) is 4. The van der Waals surface area contributed by atoms with E-state index in [1.54, 1.807) is 0 Å². The molecule has 8 aliphatic carbocycles. The average Bonchev–Trinajstić information content (AvgIpc) is 3.12. The van der Waals surface area contributed by atoms with Crippen LogP contribution in [0.1, 0.15) is 77.0 Å². The van der Waals surface area contributed by atoms with E-state index in [0.717, 1.165) is 74.0 Å². The van der Waals surface area contributed by atoms with Crippen molar-refractivity contribution in [3.05, 3.63) is 5.38 Å². The molecule has 0 unspecified atom stereocenters. The molecule has 5 nitrogen and oxygen atoms in total. The first kappa shape index (κ1) is 19.1. The fourth-order valence-corrected chi connectivity index (χ4v) is 10.3. The van der Waals surface area contributed by atoms with Crippen LogP contribution in [0.5, 0.6) is 0 Å². The number of aromatic nitrogens is 1. The summed E-state index contributed by atoms with van der Waals surface area (Å²) in [5.74, 6) is 5.35. The van der Waals surface area contributed by atoms with Crippen molar-refractivity contribution in [2.24, 2.45) is 46.3 Å². The quantitative estimate of drug-likeness (QED) is 0.655. The van der Waals surface area contributed by atoms with Gasteiger partial charge in [0, 0.05) is 5.38 Å². The Morgan fingerprint density at radius 1 is 0.710 bits per heavy atom. The molecule has 31 heavy (non-hydrogen) atoms. The van der Waals surface area contributed by atoms with Crippen molar-refractivity contribution in [1.82, 2.24) is 4.37 Å². The Morgan fingerprint density at radius 2 is 1.10 bits per heavy atom. The van der Waals surface area contributed by atoms with E-state index in [4.69, 9.17) is 0 Å². The van der Waals surface area contributed by atoms with Gasteiger partial charge in [0.15, 0.2) is 5.82 Å². The van der Waals surface area contributed by atoms with Crippen LogP contribution in [0.25, 0.3) is 0 Å². The number of carbonyl (C=O) groups is 2. The Balaban J connectivity index is 1.08. The van der Waals surface area contributed by atoms with Crippen LogP contribution in [0.3, 0.4) is 0 Å². The number of amides is 2. The van der Waals surface area contributed by atoms with Gasteiger partial charge in [0.05, 0.1) is 16.5 Å². The normalized spacial score (nSPS) is 46.3. The Morgan fingerprint density at radius 3 is 1.52 bits per heavy atom. The van der Waals surface area contributed by atoms with Crippen LogP contribution in [0.2, 0.25) is 0 Å². The number of nitrogens with one attached hydrogen (secondary N) is 2. The van der Waals surface area contributed by atoms with Gasteiger partial charge in [-0.05, 0) is 124 Å². The minimum Gasteiger partial charge on any atom is -0.322 e. The third-order valence-electron chi connectivity index (χ3n) is 10.1. The minimum atomic E-state index is -0.195. The van der Waals surface area contributed by atoms with E-state index < -0.39 is 0 Å². The molecule has 8 bridgehead atoms. The van der Waals surface area contributed by atoms with Crippen molar-refractivity contribution >= 4 is 34.9 Å². The smallest absolute Gasteiger partial charge is 0.231 e. The number of carbonyl (C=O) groups excluding carboxylic acids is 2. The molecule has 0 radical (unpaired) electrons. The van der Waals surface area contributed by atoms with Crippen molar-refractivity contribution in [3.8, 4) is 0 Å². The van der Waals surface area contributed by atoms with Crippen LogP contribution in [-0.4, -0.2) is 16.2 Å². The van der Waals surface area contributed by atoms with Gasteiger partial charge in [-0.1, -0.05) is 0 Å². The highest BCUT2D eigenvalue weighted by Gasteiger charge is 2.56. The molecular formula is C25H33N3O2S. The van der Waals surface area contributed by atoms with Crippen LogP contribution < -0.4 is 10.6 Å². The van der Waals surface area contributed by atoms with Gasteiger partial charge in [0.1, 0.15) is 0 Å². The first-order chi connectivity index (χ1) is 15.0. The number of anilines is 2. The van der Waals surface area contributed by atoms with Crippen LogP contribution in [-0.2, 0) is 9.59 Å². The Bertz CT molecular complexity index is 794. The Labute approximate surface area is 188 Å². The SMILES string of the molecule is O=C(Nc1csnc1NC(=O)C12CC3CC(CC(C3)C1)C2)C12CC3CC(CC(C3)C1)C2. The summed E-state index contributed by atoms with van der Waals surface area (Å²) in [6, 6.07) is 0. The zero-order valence-electron chi connectivity index (χ0n) is 18.2. The highest BCUT2D eigenvalue weighted by atomic mass is 32.1. The molecule has 1 aromatic rings. The monoisotopic (exact) mass is 439 g/mol. The lowest BCUT2D eigenvalue weighted by molar-refractivity contribution is -0.141. The average molecular weight is 440 g/mol. The lowest BCUT2D eigenvalue weighted by atomic mass is 9.49. The Hall–Kier alpha value is -1.43. The third-order valence-corrected chi connectivity index (χ3v) is 10.7. The molecule has 8 saturated carbocycles. The largest absolute Gasteiger partial charge is 0.322 e. The highest BCUT2D eigenvalue weighted by Crippen LogP contribution is 2.61. The highest BCUT2D eigenvalue weighted by molar-refractivity contribution is 7.04. The molecule has 0 saturated heterocycles. The second-order valence-corrected chi connectivity index (χ2v) is 13.0. The van der Waals surface area contributed by atoms with Gasteiger partial charge in [-0.15, -0.1) is 0 Å². The molecule has 9 rings (SSSR count). The van der Waals surface area contributed by atoms with E-state index in [2.05, 4.69) is 15.0 Å². The predicted octanol–water partition coefficient (Wildman–Crippen LogP) is 5.45. The van der Waals surface area contributed by atoms with Gasteiger partial charge in [0.2, 0.25) is 11.8 Å². The van der Waals surface area contributed by atoms with Gasteiger partial charge >= 0.3 is 0 Å². The molecule has 2 amide bonds. The zero-order chi connectivity index (χ0) is 20.8. The van der Waals surface area contributed by atoms with E-state index in [1.165, 1.54) is 50.1 Å². The van der Waals surface area contributed by atoms with Crippen LogP contribution in [0.15, 0.2) is 5.38 Å². The molecule has 8 fully saturated rings. The van der Waals surface area contributed by atoms with Gasteiger partial charge in [-0.3, -0.25) is 9.59 Å². The third kappa shape index (κ3) is 2.96. The lowest BCUT2D eigenvalue weighted by Gasteiger charge is -2.55. The molecule has 2 N–H and O–H groups in total. The second kappa shape index (κ2) is 6.55. The van der Waals surface area contributed by atoms with Gasteiger partial charge < -0.3 is 10.6 Å². The van der Waals surface area contributed by atoms with Crippen LogP contribution in [0.4, 0.5) is 11.5 Å². The van der Waals surface area contributed by atoms with Gasteiger partial charge in [0.25, 0.3) is 0 Å². The van der Waals surface area contributed by atoms with Crippen molar-refractivity contribution in [2.75, 3.05) is 10.6 Å². The summed E-state index contributed by atoms with van der Waals surface area (Å²) in [6.45, 7) is 0. The summed E-state index contributed by atoms with van der Waals surface area (Å²) in [5, 5.41) is 8.29. The van der Waals surface area contributed by atoms with Gasteiger partial charge in [-0.2, -0.15) is 4.37 Å². The lowest BCUT2D eigenvalue weighted by Crippen LogP contribution is -2.52. The zero-order valence-corrected chi connectivity index (χ0v) is 19.0. The second-order valence-electron chi connectivity index (χ2n) is 12.4. The Kier molecular flexibility index (Phi) is 4.03. The first-order valence-electron chi connectivity index (χ1n) is 12.6. The van der Waals surface area contributed by atoms with Crippen molar-refractivity contribution in [2.45, 2.75) is 77.0 Å². The van der Waals surface area contributed by atoms with E-state index >= 15 is 0 Å². The molecule has 8 aliphatic rings. The van der Waals surface area contributed by atoms with Crippen LogP contribution >= 0.6 is 11.5 Å². The fraction of sp³-hybridized carbons (Fsp3) is 0.800. The van der Waals surface area contributed by atoms with Crippen molar-refractivity contribution in [1.29, 1.82) is 0 Å². The maximum absolute atomic E-state index is 13.5. The first-order valence-corrected chi connectivity index (χ1v) is 13.4. The fourth-order valence-electron chi connectivity index (χ4n) is 9.69. The molecule has 0 aromatic carbocycles. The number of nitrogens with zero attached hydrogens (tertiary/aromatic N) is 1. The van der Waals surface area contributed by atoms with E-state index in [1.807, 2.05) is 5.38 Å². The number of rotatable bonds is 4. The number of hydrogen-bond donors (Lipinski definition) is 2.